The third-order valence-electron chi connectivity index (χ3n) is 4.06. The molecule has 1 aliphatic carbocycles. The lowest BCUT2D eigenvalue weighted by Crippen LogP contribution is -2.43. The SMILES string of the molecule is COC(=O)c1cc(NC(=O)NC2CCCCC2C)ccc1Cl. The molecule has 2 rings (SSSR count). The minimum atomic E-state index is -0.532. The van der Waals surface area contributed by atoms with Crippen molar-refractivity contribution < 1.29 is 14.3 Å². The smallest absolute Gasteiger partial charge is 0.339 e. The quantitative estimate of drug-likeness (QED) is 0.830. The van der Waals surface area contributed by atoms with Crippen molar-refractivity contribution in [3.63, 3.8) is 0 Å². The van der Waals surface area contributed by atoms with Crippen LogP contribution in [0.4, 0.5) is 10.5 Å². The van der Waals surface area contributed by atoms with Crippen LogP contribution in [0.1, 0.15) is 43.0 Å². The fourth-order valence-electron chi connectivity index (χ4n) is 2.74. The highest BCUT2D eigenvalue weighted by atomic mass is 35.5. The van der Waals surface area contributed by atoms with E-state index in [9.17, 15) is 9.59 Å². The number of benzene rings is 1. The van der Waals surface area contributed by atoms with Gasteiger partial charge in [-0.3, -0.25) is 0 Å². The van der Waals surface area contributed by atoms with Gasteiger partial charge in [0, 0.05) is 11.7 Å². The van der Waals surface area contributed by atoms with Gasteiger partial charge in [0.2, 0.25) is 0 Å². The molecule has 1 aromatic carbocycles. The molecule has 120 valence electrons. The van der Waals surface area contributed by atoms with Crippen molar-refractivity contribution in [2.24, 2.45) is 5.92 Å². The Balaban J connectivity index is 2.00. The van der Waals surface area contributed by atoms with Gasteiger partial charge >= 0.3 is 12.0 Å². The monoisotopic (exact) mass is 324 g/mol. The fourth-order valence-corrected chi connectivity index (χ4v) is 2.93. The Morgan fingerprint density at radius 2 is 2.00 bits per heavy atom. The molecule has 0 aliphatic heterocycles. The fraction of sp³-hybridized carbons (Fsp3) is 0.500. The predicted octanol–water partition coefficient (Wildman–Crippen LogP) is 3.83. The number of anilines is 1. The van der Waals surface area contributed by atoms with Gasteiger partial charge in [-0.1, -0.05) is 31.4 Å². The summed E-state index contributed by atoms with van der Waals surface area (Å²) in [4.78, 5) is 23.7. The van der Waals surface area contributed by atoms with Gasteiger partial charge in [0.25, 0.3) is 0 Å². The molecule has 0 heterocycles. The summed E-state index contributed by atoms with van der Waals surface area (Å²) in [6, 6.07) is 4.65. The number of rotatable bonds is 3. The third kappa shape index (κ3) is 4.13. The van der Waals surface area contributed by atoms with Crippen molar-refractivity contribution in [2.45, 2.75) is 38.6 Å². The Hall–Kier alpha value is -1.75. The molecule has 0 spiro atoms. The van der Waals surface area contributed by atoms with Crippen LogP contribution >= 0.6 is 11.6 Å². The van der Waals surface area contributed by atoms with Crippen LogP contribution in [0.15, 0.2) is 18.2 Å². The maximum absolute atomic E-state index is 12.1. The lowest BCUT2D eigenvalue weighted by molar-refractivity contribution is 0.0601. The molecule has 22 heavy (non-hydrogen) atoms. The van der Waals surface area contributed by atoms with Gasteiger partial charge in [-0.05, 0) is 37.0 Å². The highest BCUT2D eigenvalue weighted by molar-refractivity contribution is 6.33. The summed E-state index contributed by atoms with van der Waals surface area (Å²) in [6.45, 7) is 2.15. The number of ether oxygens (including phenoxy) is 1. The molecule has 0 saturated heterocycles. The molecule has 2 atom stereocenters. The number of urea groups is 1. The van der Waals surface area contributed by atoms with Crippen molar-refractivity contribution in [3.8, 4) is 0 Å². The van der Waals surface area contributed by atoms with E-state index >= 15 is 0 Å². The van der Waals surface area contributed by atoms with E-state index in [0.717, 1.165) is 19.3 Å². The predicted molar refractivity (Wildman–Crippen MR) is 86.4 cm³/mol. The Kier molecular flexibility index (Phi) is 5.66. The highest BCUT2D eigenvalue weighted by Crippen LogP contribution is 2.24. The molecular weight excluding hydrogens is 304 g/mol. The van der Waals surface area contributed by atoms with E-state index in [0.29, 0.717) is 16.6 Å². The van der Waals surface area contributed by atoms with Gasteiger partial charge < -0.3 is 15.4 Å². The van der Waals surface area contributed by atoms with Crippen molar-refractivity contribution in [3.05, 3.63) is 28.8 Å². The van der Waals surface area contributed by atoms with E-state index in [1.54, 1.807) is 12.1 Å². The normalized spacial score (nSPS) is 21.0. The molecule has 2 unspecified atom stereocenters. The maximum Gasteiger partial charge on any atom is 0.339 e. The summed E-state index contributed by atoms with van der Waals surface area (Å²) >= 11 is 5.95. The summed E-state index contributed by atoms with van der Waals surface area (Å²) in [7, 11) is 1.29. The van der Waals surface area contributed by atoms with Crippen LogP contribution in [0.3, 0.4) is 0 Å². The largest absolute Gasteiger partial charge is 0.465 e. The van der Waals surface area contributed by atoms with E-state index in [1.165, 1.54) is 19.6 Å². The molecule has 0 radical (unpaired) electrons. The minimum absolute atomic E-state index is 0.195. The first kappa shape index (κ1) is 16.6. The number of hydrogen-bond donors (Lipinski definition) is 2. The molecule has 2 amide bonds. The Bertz CT molecular complexity index is 562. The van der Waals surface area contributed by atoms with Crippen LogP contribution in [0.5, 0.6) is 0 Å². The van der Waals surface area contributed by atoms with Crippen LogP contribution in [0, 0.1) is 5.92 Å². The number of esters is 1. The average Bonchev–Trinajstić information content (AvgIpc) is 2.50. The molecule has 1 aromatic rings. The van der Waals surface area contributed by atoms with Crippen molar-refractivity contribution in [1.82, 2.24) is 5.32 Å². The average molecular weight is 325 g/mol. The molecular formula is C16H21ClN2O3. The van der Waals surface area contributed by atoms with Gasteiger partial charge in [0.1, 0.15) is 0 Å². The topological polar surface area (TPSA) is 67.4 Å². The number of methoxy groups -OCH3 is 1. The van der Waals surface area contributed by atoms with Crippen LogP contribution in [-0.4, -0.2) is 25.2 Å². The van der Waals surface area contributed by atoms with E-state index in [-0.39, 0.29) is 17.6 Å². The zero-order valence-corrected chi connectivity index (χ0v) is 13.6. The van der Waals surface area contributed by atoms with E-state index in [1.807, 2.05) is 0 Å². The maximum atomic E-state index is 12.1. The number of carbonyl (C=O) groups is 2. The van der Waals surface area contributed by atoms with Crippen LogP contribution in [0.2, 0.25) is 5.02 Å². The van der Waals surface area contributed by atoms with Crippen LogP contribution in [0.25, 0.3) is 0 Å². The minimum Gasteiger partial charge on any atom is -0.465 e. The van der Waals surface area contributed by atoms with E-state index in [2.05, 4.69) is 22.3 Å². The van der Waals surface area contributed by atoms with Crippen molar-refractivity contribution in [2.75, 3.05) is 12.4 Å². The summed E-state index contributed by atoms with van der Waals surface area (Å²) in [5.74, 6) is -0.0506. The molecule has 1 fully saturated rings. The summed E-state index contributed by atoms with van der Waals surface area (Å²) < 4.78 is 4.66. The number of hydrogen-bond acceptors (Lipinski definition) is 3. The van der Waals surface area contributed by atoms with Crippen LogP contribution in [-0.2, 0) is 4.74 Å². The molecule has 1 saturated carbocycles. The number of carbonyl (C=O) groups excluding carboxylic acids is 2. The van der Waals surface area contributed by atoms with Gasteiger partial charge in [-0.15, -0.1) is 0 Å². The van der Waals surface area contributed by atoms with E-state index < -0.39 is 5.97 Å². The first-order valence-corrected chi connectivity index (χ1v) is 7.84. The summed E-state index contributed by atoms with van der Waals surface area (Å²) in [6.07, 6.45) is 4.50. The molecule has 1 aliphatic rings. The molecule has 6 heteroatoms. The second-order valence-electron chi connectivity index (χ2n) is 5.65. The summed E-state index contributed by atoms with van der Waals surface area (Å²) in [5.41, 5.74) is 0.735. The Labute approximate surface area is 135 Å². The first-order valence-electron chi connectivity index (χ1n) is 7.46. The highest BCUT2D eigenvalue weighted by Gasteiger charge is 2.23. The third-order valence-corrected chi connectivity index (χ3v) is 4.39. The summed E-state index contributed by atoms with van der Waals surface area (Å²) in [5, 5.41) is 6.03. The van der Waals surface area contributed by atoms with Gasteiger partial charge in [0.15, 0.2) is 0 Å². The van der Waals surface area contributed by atoms with Crippen molar-refractivity contribution in [1.29, 1.82) is 0 Å². The number of halogens is 1. The zero-order chi connectivity index (χ0) is 16.1. The lowest BCUT2D eigenvalue weighted by Gasteiger charge is -2.29. The molecule has 0 bridgehead atoms. The zero-order valence-electron chi connectivity index (χ0n) is 12.8. The van der Waals surface area contributed by atoms with Crippen molar-refractivity contribution >= 4 is 29.3 Å². The lowest BCUT2D eigenvalue weighted by atomic mass is 9.86. The van der Waals surface area contributed by atoms with Gasteiger partial charge in [0.05, 0.1) is 17.7 Å². The number of nitrogens with one attached hydrogen (secondary N) is 2. The Morgan fingerprint density at radius 3 is 2.68 bits per heavy atom. The van der Waals surface area contributed by atoms with Gasteiger partial charge in [-0.2, -0.15) is 0 Å². The number of amides is 2. The second kappa shape index (κ2) is 7.49. The van der Waals surface area contributed by atoms with E-state index in [4.69, 9.17) is 11.6 Å². The first-order chi connectivity index (χ1) is 10.5. The second-order valence-corrected chi connectivity index (χ2v) is 6.06. The van der Waals surface area contributed by atoms with Crippen LogP contribution < -0.4 is 10.6 Å². The standard InChI is InChI=1S/C16H21ClN2O3/c1-10-5-3-4-6-14(10)19-16(21)18-11-7-8-13(17)12(9-11)15(20)22-2/h7-10,14H,3-6H2,1-2H3,(H2,18,19,21). The Morgan fingerprint density at radius 1 is 1.27 bits per heavy atom. The van der Waals surface area contributed by atoms with Gasteiger partial charge in [-0.25, -0.2) is 9.59 Å². The molecule has 2 N–H and O–H groups in total. The molecule has 0 aromatic heterocycles. The molecule has 5 nitrogen and oxygen atoms in total.